The molecule has 5 heavy (non-hydrogen) atoms. The zero-order valence-corrected chi connectivity index (χ0v) is 9.81. The maximum Gasteiger partial charge on any atom is 1.00 e. The minimum Gasteiger partial charge on any atom is 0 e. The zero-order chi connectivity index (χ0) is 0. The summed E-state index contributed by atoms with van der Waals surface area (Å²) in [5, 5.41) is 0. The molecule has 0 aliphatic carbocycles. The van der Waals surface area contributed by atoms with E-state index in [0.29, 0.717) is 0 Å². The van der Waals surface area contributed by atoms with Crippen LogP contribution in [0.4, 0.5) is 0 Å². The van der Waals surface area contributed by atoms with Gasteiger partial charge in [0.05, 0.1) is 0 Å². The molecule has 2 radical (unpaired) electrons. The van der Waals surface area contributed by atoms with Crippen LogP contribution < -0.4 is 0 Å². The quantitative estimate of drug-likeness (QED) is 0.534. The van der Waals surface area contributed by atoms with Crippen LogP contribution in [-0.2, 0) is 72.3 Å². The summed E-state index contributed by atoms with van der Waals surface area (Å²) in [6.07, 6.45) is 0. The van der Waals surface area contributed by atoms with Gasteiger partial charge in [0.1, 0.15) is 0 Å². The van der Waals surface area contributed by atoms with Crippen LogP contribution in [0.25, 0.3) is 0 Å². The van der Waals surface area contributed by atoms with Crippen molar-refractivity contribution in [1.29, 1.82) is 0 Å². The van der Waals surface area contributed by atoms with E-state index in [1.54, 1.807) is 0 Å². The van der Waals surface area contributed by atoms with Gasteiger partial charge in [0.2, 0.25) is 0 Å². The molecule has 0 N–H and O–H groups in total. The van der Waals surface area contributed by atoms with Crippen LogP contribution in [0.2, 0.25) is 0 Å². The molecule has 0 aliphatic rings. The van der Waals surface area contributed by atoms with Gasteiger partial charge in [-0.2, -0.15) is 0 Å². The van der Waals surface area contributed by atoms with Crippen molar-refractivity contribution >= 4 is 0 Å². The van der Waals surface area contributed by atoms with Crippen LogP contribution in [0.1, 0.15) is 1.43 Å². The molecule has 0 amide bonds. The van der Waals surface area contributed by atoms with Gasteiger partial charge >= 0.3 is 1.43 Å². The van der Waals surface area contributed by atoms with E-state index in [1.807, 2.05) is 0 Å². The van der Waals surface area contributed by atoms with Gasteiger partial charge in [0.25, 0.3) is 0 Å². The summed E-state index contributed by atoms with van der Waals surface area (Å²) < 4.78 is 0. The average molecular weight is 366 g/mol. The molecular weight excluding hydrogens is 365 g/mol. The fourth-order valence-corrected chi connectivity index (χ4v) is 0. The maximum absolute atomic E-state index is 0. The Kier molecular flexibility index (Phi) is 194. The molecule has 0 heterocycles. The Labute approximate surface area is 113 Å². The fraction of sp³-hybridized carbons (Fsp3) is 0. The summed E-state index contributed by atoms with van der Waals surface area (Å²) in [4.78, 5) is 0. The van der Waals surface area contributed by atoms with Crippen LogP contribution in [0.15, 0.2) is 0 Å². The van der Waals surface area contributed by atoms with Crippen LogP contribution in [0.5, 0.6) is 0 Å². The van der Waals surface area contributed by atoms with E-state index in [1.165, 1.54) is 0 Å². The normalized spacial score (nSPS) is 0. The Morgan fingerprint density at radius 2 is 1.20 bits per heavy atom. The summed E-state index contributed by atoms with van der Waals surface area (Å²) >= 11 is 0. The largest absolute Gasteiger partial charge is 1.00 e. The molecule has 0 saturated carbocycles. The Morgan fingerprint density at radius 1 is 1.20 bits per heavy atom. The van der Waals surface area contributed by atoms with Crippen molar-refractivity contribution in [3.63, 3.8) is 0 Å². The van der Waals surface area contributed by atoms with E-state index in [-0.39, 0.29) is 116 Å². The number of hydrogen-bond donors (Lipinski definition) is 0. The topological polar surface area (TPSA) is 0 Å². The smallest absolute Gasteiger partial charge is 0 e. The molecule has 0 aromatic heterocycles. The van der Waals surface area contributed by atoms with Crippen molar-refractivity contribution in [2.24, 2.45) is 0 Å². The number of rotatable bonds is 0. The molecule has 0 unspecified atom stereocenters. The molecule has 0 fully saturated rings. The second-order valence-corrected chi connectivity index (χ2v) is 0. The van der Waals surface area contributed by atoms with Gasteiger partial charge in [0, 0.05) is 114 Å². The molecule has 36 valence electrons. The zero-order valence-electron chi connectivity index (χ0n) is 3.00. The first-order valence-electron chi connectivity index (χ1n) is 0. The number of hydrogen-bond acceptors (Lipinski definition) is 0. The average Bonchev–Trinajstić information content (AvgIpc) is 0. The maximum atomic E-state index is 0. The summed E-state index contributed by atoms with van der Waals surface area (Å²) in [5.41, 5.74) is 0. The molecule has 0 bridgehead atoms. The van der Waals surface area contributed by atoms with Crippen LogP contribution in [0, 0.1) is 41.7 Å². The van der Waals surface area contributed by atoms with E-state index in [0.717, 1.165) is 0 Å². The molecular formula is HCeCuMnNiTi+. The summed E-state index contributed by atoms with van der Waals surface area (Å²) in [6, 6.07) is 0. The molecule has 0 aliphatic heterocycles. The standard InChI is InChI=1S/Ce.Cu.Mn.Ni.Ti/p+1. The third-order valence-electron chi connectivity index (χ3n) is 0. The van der Waals surface area contributed by atoms with Crippen molar-refractivity contribution in [3.8, 4) is 0 Å². The van der Waals surface area contributed by atoms with Gasteiger partial charge in [-0.3, -0.25) is 0 Å². The van der Waals surface area contributed by atoms with Crippen LogP contribution in [-0.4, -0.2) is 0 Å². The molecule has 0 aromatic carbocycles. The van der Waals surface area contributed by atoms with Crippen molar-refractivity contribution in [1.82, 2.24) is 0 Å². The molecule has 5 heteroatoms. The first-order chi connectivity index (χ1) is 0. The molecule has 0 saturated heterocycles. The predicted octanol–water partition coefficient (Wildman–Crippen LogP) is 0.102. The van der Waals surface area contributed by atoms with E-state index >= 15 is 0 Å². The van der Waals surface area contributed by atoms with E-state index < -0.39 is 0 Å². The Hall–Kier alpha value is 3.62. The summed E-state index contributed by atoms with van der Waals surface area (Å²) in [7, 11) is 0. The summed E-state index contributed by atoms with van der Waals surface area (Å²) in [5.74, 6) is 0. The van der Waals surface area contributed by atoms with Gasteiger partial charge in [-0.25, -0.2) is 0 Å². The van der Waals surface area contributed by atoms with Crippen molar-refractivity contribution in [2.75, 3.05) is 0 Å². The first kappa shape index (κ1) is 38.2. The SMILES string of the molecule is [Ce].[Cu].[H+].[Mn].[Ni].[Ti]. The minimum atomic E-state index is 0. The summed E-state index contributed by atoms with van der Waals surface area (Å²) in [6.45, 7) is 0. The second-order valence-electron chi connectivity index (χ2n) is 0. The third kappa shape index (κ3) is 18.4. The van der Waals surface area contributed by atoms with Gasteiger partial charge in [-0.1, -0.05) is 0 Å². The molecule has 0 aromatic rings. The predicted molar refractivity (Wildman–Crippen MR) is 1.11 cm³/mol. The Balaban J connectivity index is 0. The molecule has 0 nitrogen and oxygen atoms in total. The van der Waals surface area contributed by atoms with E-state index in [9.17, 15) is 0 Å². The van der Waals surface area contributed by atoms with Gasteiger partial charge in [0.15, 0.2) is 0 Å². The van der Waals surface area contributed by atoms with Crippen molar-refractivity contribution in [3.05, 3.63) is 0 Å². The van der Waals surface area contributed by atoms with Crippen molar-refractivity contribution in [2.45, 2.75) is 0 Å². The van der Waals surface area contributed by atoms with Gasteiger partial charge in [-0.15, -0.1) is 0 Å². The van der Waals surface area contributed by atoms with Gasteiger partial charge in [-0.05, 0) is 0 Å². The first-order valence-corrected chi connectivity index (χ1v) is 0. The third-order valence-corrected chi connectivity index (χ3v) is 0. The fourth-order valence-electron chi connectivity index (χ4n) is 0. The van der Waals surface area contributed by atoms with Crippen molar-refractivity contribution < 1.29 is 116 Å². The molecule has 0 rings (SSSR count). The molecule has 0 atom stereocenters. The van der Waals surface area contributed by atoms with Crippen LogP contribution >= 0.6 is 0 Å². The Morgan fingerprint density at radius 3 is 1.20 bits per heavy atom. The van der Waals surface area contributed by atoms with Gasteiger partial charge < -0.3 is 0 Å². The molecule has 0 spiro atoms. The van der Waals surface area contributed by atoms with E-state index in [2.05, 4.69) is 0 Å². The van der Waals surface area contributed by atoms with E-state index in [4.69, 9.17) is 0 Å². The monoisotopic (exact) mass is 365 g/mol. The minimum absolute atomic E-state index is 0. The van der Waals surface area contributed by atoms with Crippen LogP contribution in [0.3, 0.4) is 0 Å². The second kappa shape index (κ2) is 25.5. The Bertz CT molecular complexity index is 15.5.